The Morgan fingerprint density at radius 2 is 1.77 bits per heavy atom. The van der Waals surface area contributed by atoms with E-state index in [2.05, 4.69) is 10.9 Å². The highest BCUT2D eigenvalue weighted by Crippen LogP contribution is 2.16. The lowest BCUT2D eigenvalue weighted by Crippen LogP contribution is -2.45. The summed E-state index contributed by atoms with van der Waals surface area (Å²) < 4.78 is 9.93. The van der Waals surface area contributed by atoms with Crippen molar-refractivity contribution in [3.8, 4) is 5.75 Å². The van der Waals surface area contributed by atoms with Crippen molar-refractivity contribution in [1.29, 1.82) is 0 Å². The maximum Gasteiger partial charge on any atom is 0.326 e. The molecule has 2 rings (SSSR count). The fourth-order valence-corrected chi connectivity index (χ4v) is 2.76. The summed E-state index contributed by atoms with van der Waals surface area (Å²) in [6.07, 6.45) is 0. The molecular formula is C15H16ClN3O6S. The molecule has 0 radical (unpaired) electrons. The number of halogens is 1. The summed E-state index contributed by atoms with van der Waals surface area (Å²) in [5, 5.41) is 0.343. The zero-order valence-corrected chi connectivity index (χ0v) is 15.1. The van der Waals surface area contributed by atoms with Crippen LogP contribution in [0.1, 0.15) is 0 Å². The first-order valence-corrected chi connectivity index (χ1v) is 8.84. The molecule has 3 amide bonds. The van der Waals surface area contributed by atoms with Gasteiger partial charge in [-0.05, 0) is 24.3 Å². The lowest BCUT2D eigenvalue weighted by molar-refractivity contribution is -0.149. The third kappa shape index (κ3) is 6.81. The molecule has 0 aliphatic carbocycles. The summed E-state index contributed by atoms with van der Waals surface area (Å²) in [5.74, 6) is -0.955. The van der Waals surface area contributed by atoms with Crippen LogP contribution < -0.4 is 15.6 Å². The normalized spacial score (nSPS) is 13.3. The van der Waals surface area contributed by atoms with E-state index < -0.39 is 24.4 Å². The van der Waals surface area contributed by atoms with Crippen molar-refractivity contribution in [3.63, 3.8) is 0 Å². The van der Waals surface area contributed by atoms with Crippen LogP contribution in [0.2, 0.25) is 5.02 Å². The van der Waals surface area contributed by atoms with Gasteiger partial charge >= 0.3 is 5.97 Å². The van der Waals surface area contributed by atoms with Crippen LogP contribution in [-0.2, 0) is 19.1 Å². The van der Waals surface area contributed by atoms with Gasteiger partial charge in [0.15, 0.2) is 13.2 Å². The summed E-state index contributed by atoms with van der Waals surface area (Å²) in [7, 11) is 0. The molecule has 0 atom stereocenters. The lowest BCUT2D eigenvalue weighted by atomic mass is 10.3. The molecule has 0 unspecified atom stereocenters. The second-order valence-electron chi connectivity index (χ2n) is 5.04. The predicted molar refractivity (Wildman–Crippen MR) is 93.6 cm³/mol. The molecule has 1 saturated heterocycles. The van der Waals surface area contributed by atoms with Crippen LogP contribution in [0.25, 0.3) is 0 Å². The predicted octanol–water partition coefficient (Wildman–Crippen LogP) is 0.578. The minimum atomic E-state index is -0.722. The number of hydrogen-bond donors (Lipinski definition) is 2. The Kier molecular flexibility index (Phi) is 7.54. The average molecular weight is 402 g/mol. The Labute approximate surface area is 158 Å². The average Bonchev–Trinajstić information content (AvgIpc) is 3.02. The number of carbonyl (C=O) groups excluding carboxylic acids is 4. The van der Waals surface area contributed by atoms with E-state index in [1.807, 2.05) is 0 Å². The van der Waals surface area contributed by atoms with Crippen molar-refractivity contribution < 1.29 is 28.7 Å². The molecular weight excluding hydrogens is 386 g/mol. The number of carbonyl (C=O) groups is 4. The standard InChI is InChI=1S/C15H16ClN3O6S/c16-10-1-3-11(4-2-10)24-8-12(20)17-18-13(21)9-25-14(22)7-19-5-6-26-15(19)23/h1-4H,5-9H2,(H,17,20)(H,18,21). The van der Waals surface area contributed by atoms with Crippen LogP contribution in [0.5, 0.6) is 5.75 Å². The Bertz CT molecular complexity index is 684. The van der Waals surface area contributed by atoms with Crippen LogP contribution in [-0.4, -0.2) is 60.0 Å². The number of hydrazine groups is 1. The van der Waals surface area contributed by atoms with E-state index in [1.165, 1.54) is 4.90 Å². The van der Waals surface area contributed by atoms with E-state index in [4.69, 9.17) is 21.1 Å². The van der Waals surface area contributed by atoms with E-state index in [9.17, 15) is 19.2 Å². The number of esters is 1. The molecule has 26 heavy (non-hydrogen) atoms. The molecule has 0 saturated carbocycles. The summed E-state index contributed by atoms with van der Waals surface area (Å²) in [6, 6.07) is 6.41. The second-order valence-corrected chi connectivity index (χ2v) is 6.52. The topological polar surface area (TPSA) is 114 Å². The van der Waals surface area contributed by atoms with E-state index in [-0.39, 0.29) is 18.4 Å². The fourth-order valence-electron chi connectivity index (χ4n) is 1.81. The molecule has 11 heteroatoms. The van der Waals surface area contributed by atoms with Crippen LogP contribution in [0.3, 0.4) is 0 Å². The van der Waals surface area contributed by atoms with Gasteiger partial charge in [0.1, 0.15) is 12.3 Å². The van der Waals surface area contributed by atoms with E-state index >= 15 is 0 Å². The van der Waals surface area contributed by atoms with Gasteiger partial charge < -0.3 is 14.4 Å². The molecule has 1 aliphatic rings. The summed E-state index contributed by atoms with van der Waals surface area (Å²) >= 11 is 6.85. The second kappa shape index (κ2) is 9.88. The molecule has 140 valence electrons. The molecule has 1 aromatic carbocycles. The highest BCUT2D eigenvalue weighted by molar-refractivity contribution is 8.13. The molecule has 1 aliphatic heterocycles. The Balaban J connectivity index is 1.58. The number of amides is 3. The van der Waals surface area contributed by atoms with E-state index in [1.54, 1.807) is 24.3 Å². The highest BCUT2D eigenvalue weighted by Gasteiger charge is 2.24. The van der Waals surface area contributed by atoms with Crippen molar-refractivity contribution in [3.05, 3.63) is 29.3 Å². The molecule has 9 nitrogen and oxygen atoms in total. The number of rotatable bonds is 7. The quantitative estimate of drug-likeness (QED) is 0.507. The zero-order chi connectivity index (χ0) is 18.9. The minimum Gasteiger partial charge on any atom is -0.484 e. The van der Waals surface area contributed by atoms with Crippen molar-refractivity contribution in [2.45, 2.75) is 0 Å². The Hall–Kier alpha value is -2.46. The van der Waals surface area contributed by atoms with E-state index in [0.717, 1.165) is 11.8 Å². The summed E-state index contributed by atoms with van der Waals surface area (Å²) in [6.45, 7) is -0.641. The first-order valence-electron chi connectivity index (χ1n) is 7.47. The molecule has 0 aromatic heterocycles. The van der Waals surface area contributed by atoms with Gasteiger partial charge in [0.25, 0.3) is 17.1 Å². The number of ether oxygens (including phenoxy) is 2. The van der Waals surface area contributed by atoms with Crippen molar-refractivity contribution >= 4 is 46.4 Å². The number of hydrogen-bond acceptors (Lipinski definition) is 7. The number of nitrogens with zero attached hydrogens (tertiary/aromatic N) is 1. The monoisotopic (exact) mass is 401 g/mol. The van der Waals surface area contributed by atoms with Crippen LogP contribution in [0.4, 0.5) is 4.79 Å². The SMILES string of the molecule is O=C(COC(=O)CN1CCSC1=O)NNC(=O)COc1ccc(Cl)cc1. The number of benzene rings is 1. The third-order valence-electron chi connectivity index (χ3n) is 3.05. The number of thioether (sulfide) groups is 1. The lowest BCUT2D eigenvalue weighted by Gasteiger charge is -2.13. The van der Waals surface area contributed by atoms with Crippen molar-refractivity contribution in [2.24, 2.45) is 0 Å². The third-order valence-corrected chi connectivity index (χ3v) is 4.20. The first-order chi connectivity index (χ1) is 12.4. The molecule has 0 bridgehead atoms. The Morgan fingerprint density at radius 3 is 2.38 bits per heavy atom. The van der Waals surface area contributed by atoms with Crippen LogP contribution >= 0.6 is 23.4 Å². The summed E-state index contributed by atoms with van der Waals surface area (Å²) in [4.78, 5) is 47.3. The van der Waals surface area contributed by atoms with Gasteiger partial charge in [0.05, 0.1) is 0 Å². The van der Waals surface area contributed by atoms with E-state index in [0.29, 0.717) is 23.1 Å². The van der Waals surface area contributed by atoms with Crippen molar-refractivity contribution in [1.82, 2.24) is 15.8 Å². The molecule has 1 fully saturated rings. The van der Waals surface area contributed by atoms with Crippen LogP contribution in [0.15, 0.2) is 24.3 Å². The fraction of sp³-hybridized carbons (Fsp3) is 0.333. The molecule has 1 aromatic rings. The first kappa shape index (κ1) is 19.9. The maximum atomic E-state index is 11.6. The van der Waals surface area contributed by atoms with Gasteiger partial charge in [-0.2, -0.15) is 0 Å². The van der Waals surface area contributed by atoms with Gasteiger partial charge in [0.2, 0.25) is 0 Å². The van der Waals surface area contributed by atoms with Gasteiger partial charge in [0, 0.05) is 17.3 Å². The Morgan fingerprint density at radius 1 is 1.12 bits per heavy atom. The maximum absolute atomic E-state index is 11.6. The zero-order valence-electron chi connectivity index (χ0n) is 13.5. The van der Waals surface area contributed by atoms with Gasteiger partial charge in [-0.3, -0.25) is 30.0 Å². The highest BCUT2D eigenvalue weighted by atomic mass is 35.5. The minimum absolute atomic E-state index is 0.195. The van der Waals surface area contributed by atoms with Gasteiger partial charge in [-0.25, -0.2) is 0 Å². The van der Waals surface area contributed by atoms with Crippen molar-refractivity contribution in [2.75, 3.05) is 32.1 Å². The molecule has 2 N–H and O–H groups in total. The van der Waals surface area contributed by atoms with Crippen LogP contribution in [0, 0.1) is 0 Å². The van der Waals surface area contributed by atoms with Gasteiger partial charge in [-0.1, -0.05) is 23.4 Å². The van der Waals surface area contributed by atoms with Gasteiger partial charge in [-0.15, -0.1) is 0 Å². The number of nitrogens with one attached hydrogen (secondary N) is 2. The summed E-state index contributed by atoms with van der Waals surface area (Å²) in [5.41, 5.74) is 4.20. The largest absolute Gasteiger partial charge is 0.484 e. The molecule has 0 spiro atoms. The smallest absolute Gasteiger partial charge is 0.326 e. The molecule has 1 heterocycles.